The Bertz CT molecular complexity index is 1210. The minimum atomic E-state index is -3.75. The highest BCUT2D eigenvalue weighted by Crippen LogP contribution is 2.36. The van der Waals surface area contributed by atoms with E-state index in [0.29, 0.717) is 24.3 Å². The van der Waals surface area contributed by atoms with Gasteiger partial charge in [-0.2, -0.15) is 0 Å². The molecule has 2 heterocycles. The van der Waals surface area contributed by atoms with Crippen molar-refractivity contribution < 1.29 is 13.2 Å². The van der Waals surface area contributed by atoms with Crippen molar-refractivity contribution in [2.24, 2.45) is 5.92 Å². The zero-order valence-corrected chi connectivity index (χ0v) is 20.8. The minimum absolute atomic E-state index is 0.229. The number of hydrogen-bond acceptors (Lipinski definition) is 6. The number of sulfonamides is 1. The van der Waals surface area contributed by atoms with E-state index in [1.807, 2.05) is 31.3 Å². The molecule has 0 amide bonds. The molecule has 34 heavy (non-hydrogen) atoms. The van der Waals surface area contributed by atoms with Crippen LogP contribution < -0.4 is 9.46 Å². The van der Waals surface area contributed by atoms with Crippen LogP contribution in [0.2, 0.25) is 0 Å². The van der Waals surface area contributed by atoms with E-state index in [9.17, 15) is 8.42 Å². The summed E-state index contributed by atoms with van der Waals surface area (Å²) in [4.78, 5) is 13.2. The first-order valence-electron chi connectivity index (χ1n) is 11.9. The molecule has 0 spiro atoms. The van der Waals surface area contributed by atoms with Crippen molar-refractivity contribution in [3.63, 3.8) is 0 Å². The summed E-state index contributed by atoms with van der Waals surface area (Å²) in [5, 5.41) is 0. The fraction of sp³-hybridized carbons (Fsp3) is 0.423. The van der Waals surface area contributed by atoms with E-state index in [4.69, 9.17) is 4.74 Å². The maximum atomic E-state index is 13.0. The van der Waals surface area contributed by atoms with Crippen molar-refractivity contribution in [3.05, 3.63) is 71.3 Å². The van der Waals surface area contributed by atoms with Gasteiger partial charge in [-0.15, -0.1) is 0 Å². The number of hydrogen-bond donors (Lipinski definition) is 1. The number of benzene rings is 1. The topological polar surface area (TPSA) is 94.1 Å². The van der Waals surface area contributed by atoms with Gasteiger partial charge in [0.05, 0.1) is 29.6 Å². The largest absolute Gasteiger partial charge is 0.478 e. The van der Waals surface area contributed by atoms with Crippen LogP contribution in [0.3, 0.4) is 0 Å². The van der Waals surface area contributed by atoms with E-state index in [1.165, 1.54) is 17.3 Å². The molecule has 0 saturated heterocycles. The second-order valence-corrected chi connectivity index (χ2v) is 10.5. The molecular formula is C26H32N4O3S. The average molecular weight is 481 g/mol. The maximum absolute atomic E-state index is 13.0. The molecule has 7 nitrogen and oxygen atoms in total. The predicted molar refractivity (Wildman–Crippen MR) is 133 cm³/mol. The van der Waals surface area contributed by atoms with Gasteiger partial charge in [0.2, 0.25) is 5.88 Å². The summed E-state index contributed by atoms with van der Waals surface area (Å²) < 4.78 is 34.1. The quantitative estimate of drug-likeness (QED) is 0.467. The molecule has 1 aromatic carbocycles. The molecule has 0 radical (unpaired) electrons. The Morgan fingerprint density at radius 3 is 2.59 bits per heavy atom. The highest BCUT2D eigenvalue weighted by molar-refractivity contribution is 7.92. The molecule has 2 aromatic heterocycles. The molecule has 0 fully saturated rings. The van der Waals surface area contributed by atoms with Crippen LogP contribution in [0.5, 0.6) is 5.88 Å². The van der Waals surface area contributed by atoms with Gasteiger partial charge in [0.1, 0.15) is 0 Å². The maximum Gasteiger partial charge on any atom is 0.263 e. The third-order valence-corrected chi connectivity index (χ3v) is 7.84. The first kappa shape index (κ1) is 24.1. The Kier molecular flexibility index (Phi) is 7.46. The SMILES string of the molecule is CCCc1cnc(NS(=O)(=O)c2ccc3c(c2)CC([C@H](C)c2ccc(OCC)nc2)CC3)cn1. The number of fused-ring (bicyclic) bond motifs is 1. The van der Waals surface area contributed by atoms with Crippen LogP contribution in [-0.2, 0) is 29.3 Å². The molecule has 1 aliphatic rings. The zero-order valence-electron chi connectivity index (χ0n) is 20.0. The van der Waals surface area contributed by atoms with Gasteiger partial charge in [0.15, 0.2) is 5.82 Å². The molecule has 2 atom stereocenters. The number of aromatic nitrogens is 3. The average Bonchev–Trinajstić information content (AvgIpc) is 2.85. The van der Waals surface area contributed by atoms with Gasteiger partial charge in [0.25, 0.3) is 10.0 Å². The Labute approximate surface area is 202 Å². The third-order valence-electron chi connectivity index (χ3n) is 6.49. The second-order valence-electron chi connectivity index (χ2n) is 8.83. The van der Waals surface area contributed by atoms with E-state index in [0.717, 1.165) is 43.4 Å². The fourth-order valence-electron chi connectivity index (χ4n) is 4.51. The lowest BCUT2D eigenvalue weighted by Gasteiger charge is -2.30. The molecule has 0 bridgehead atoms. The van der Waals surface area contributed by atoms with E-state index >= 15 is 0 Å². The number of nitrogens with one attached hydrogen (secondary N) is 1. The van der Waals surface area contributed by atoms with Crippen LogP contribution >= 0.6 is 0 Å². The summed E-state index contributed by atoms with van der Waals surface area (Å²) in [5.41, 5.74) is 4.33. The number of aryl methyl sites for hydroxylation is 2. The summed E-state index contributed by atoms with van der Waals surface area (Å²) in [5.74, 6) is 1.59. The molecule has 3 aromatic rings. The van der Waals surface area contributed by atoms with Gasteiger partial charge in [-0.25, -0.2) is 18.4 Å². The Balaban J connectivity index is 1.48. The second kappa shape index (κ2) is 10.5. The summed E-state index contributed by atoms with van der Waals surface area (Å²) in [6, 6.07) is 9.43. The van der Waals surface area contributed by atoms with Crippen LogP contribution in [0, 0.1) is 5.92 Å². The Hall–Kier alpha value is -3.00. The zero-order chi connectivity index (χ0) is 24.1. The van der Waals surface area contributed by atoms with Crippen LogP contribution in [0.1, 0.15) is 61.9 Å². The van der Waals surface area contributed by atoms with Crippen molar-refractivity contribution in [3.8, 4) is 5.88 Å². The number of rotatable bonds is 9. The number of ether oxygens (including phenoxy) is 1. The van der Waals surface area contributed by atoms with E-state index in [2.05, 4.69) is 39.6 Å². The van der Waals surface area contributed by atoms with Gasteiger partial charge < -0.3 is 4.74 Å². The lowest BCUT2D eigenvalue weighted by molar-refractivity contribution is 0.326. The van der Waals surface area contributed by atoms with Crippen LogP contribution in [-0.4, -0.2) is 30.0 Å². The molecule has 8 heteroatoms. The normalized spacial score (nSPS) is 16.5. The van der Waals surface area contributed by atoms with Gasteiger partial charge in [-0.3, -0.25) is 9.71 Å². The van der Waals surface area contributed by atoms with Gasteiger partial charge in [0, 0.05) is 12.3 Å². The highest BCUT2D eigenvalue weighted by Gasteiger charge is 2.26. The van der Waals surface area contributed by atoms with E-state index < -0.39 is 10.0 Å². The first-order valence-corrected chi connectivity index (χ1v) is 13.4. The van der Waals surface area contributed by atoms with Crippen molar-refractivity contribution in [1.29, 1.82) is 0 Å². The predicted octanol–water partition coefficient (Wildman–Crippen LogP) is 4.93. The van der Waals surface area contributed by atoms with Crippen LogP contribution in [0.25, 0.3) is 0 Å². The van der Waals surface area contributed by atoms with Crippen molar-refractivity contribution in [2.75, 3.05) is 11.3 Å². The lowest BCUT2D eigenvalue weighted by Crippen LogP contribution is -2.21. The standard InChI is InChI=1S/C26H32N4O3S/c1-4-6-23-16-28-25(17-27-23)30-34(31,32)24-11-9-19-7-8-20(13-22(19)14-24)18(3)21-10-12-26(29-15-21)33-5-2/h9-12,14-18,20H,4-8,13H2,1-3H3,(H,28,30)/t18-,20?/m0/s1. The first-order chi connectivity index (χ1) is 16.4. The number of anilines is 1. The van der Waals surface area contributed by atoms with Crippen LogP contribution in [0.15, 0.2) is 53.8 Å². The molecule has 0 aliphatic heterocycles. The lowest BCUT2D eigenvalue weighted by atomic mass is 9.75. The molecule has 1 N–H and O–H groups in total. The van der Waals surface area contributed by atoms with Gasteiger partial charge >= 0.3 is 0 Å². The molecular weight excluding hydrogens is 448 g/mol. The fourth-order valence-corrected chi connectivity index (χ4v) is 5.55. The summed E-state index contributed by atoms with van der Waals surface area (Å²) in [7, 11) is -3.75. The monoisotopic (exact) mass is 480 g/mol. The summed E-state index contributed by atoms with van der Waals surface area (Å²) >= 11 is 0. The molecule has 1 aliphatic carbocycles. The van der Waals surface area contributed by atoms with Crippen LogP contribution in [0.4, 0.5) is 5.82 Å². The summed E-state index contributed by atoms with van der Waals surface area (Å²) in [6.07, 6.45) is 9.60. The van der Waals surface area contributed by atoms with Gasteiger partial charge in [-0.1, -0.05) is 32.4 Å². The highest BCUT2D eigenvalue weighted by atomic mass is 32.2. The molecule has 180 valence electrons. The smallest absolute Gasteiger partial charge is 0.263 e. The number of nitrogens with zero attached hydrogens (tertiary/aromatic N) is 3. The summed E-state index contributed by atoms with van der Waals surface area (Å²) in [6.45, 7) is 6.82. The van der Waals surface area contributed by atoms with Crippen molar-refractivity contribution >= 4 is 15.8 Å². The number of pyridine rings is 1. The van der Waals surface area contributed by atoms with E-state index in [-0.39, 0.29) is 10.7 Å². The van der Waals surface area contributed by atoms with E-state index in [1.54, 1.807) is 12.3 Å². The third kappa shape index (κ3) is 5.55. The van der Waals surface area contributed by atoms with Crippen molar-refractivity contribution in [1.82, 2.24) is 15.0 Å². The van der Waals surface area contributed by atoms with Crippen molar-refractivity contribution in [2.45, 2.75) is 63.7 Å². The molecule has 0 saturated carbocycles. The minimum Gasteiger partial charge on any atom is -0.478 e. The molecule has 1 unspecified atom stereocenters. The van der Waals surface area contributed by atoms with Gasteiger partial charge in [-0.05, 0) is 73.3 Å². The molecule has 4 rings (SSSR count). The Morgan fingerprint density at radius 2 is 1.91 bits per heavy atom. The Morgan fingerprint density at radius 1 is 1.06 bits per heavy atom.